The van der Waals surface area contributed by atoms with Crippen LogP contribution in [0.5, 0.6) is 0 Å². The van der Waals surface area contributed by atoms with E-state index in [1.165, 1.54) is 0 Å². The van der Waals surface area contributed by atoms with E-state index in [0.29, 0.717) is 10.7 Å². The summed E-state index contributed by atoms with van der Waals surface area (Å²) in [5, 5.41) is 15.7. The van der Waals surface area contributed by atoms with Crippen LogP contribution in [0.2, 0.25) is 0 Å². The Labute approximate surface area is 87.2 Å². The minimum absolute atomic E-state index is 0.446. The van der Waals surface area contributed by atoms with Gasteiger partial charge in [-0.2, -0.15) is 13.5 Å². The zero-order valence-electron chi connectivity index (χ0n) is 7.81. The first kappa shape index (κ1) is 10.5. The number of nitro groups is 1. The molecule has 0 spiro atoms. The maximum absolute atomic E-state index is 13.4. The lowest BCUT2D eigenvalue weighted by Gasteiger charge is -2.11. The average Bonchev–Trinajstić information content (AvgIpc) is 2.56. The molecule has 2 heterocycles. The van der Waals surface area contributed by atoms with Crippen molar-refractivity contribution in [2.24, 2.45) is 0 Å². The smallest absolute Gasteiger partial charge is 0.358 e. The Morgan fingerprint density at radius 1 is 1.62 bits per heavy atom. The van der Waals surface area contributed by atoms with Crippen LogP contribution in [0.15, 0.2) is 6.07 Å². The van der Waals surface area contributed by atoms with Gasteiger partial charge in [0, 0.05) is 0 Å². The van der Waals surface area contributed by atoms with Gasteiger partial charge in [-0.1, -0.05) is 0 Å². The van der Waals surface area contributed by atoms with Crippen LogP contribution in [0.1, 0.15) is 5.69 Å². The van der Waals surface area contributed by atoms with Crippen LogP contribution >= 0.6 is 0 Å². The molecular weight excluding hydrogens is 226 g/mol. The predicted octanol–water partition coefficient (Wildman–Crippen LogP) is 0.0129. The van der Waals surface area contributed by atoms with Crippen molar-refractivity contribution in [1.82, 2.24) is 15.1 Å². The fourth-order valence-corrected chi connectivity index (χ4v) is 1.40. The Morgan fingerprint density at radius 3 is 2.94 bits per heavy atom. The molecule has 0 aromatic carbocycles. The third-order valence-corrected chi connectivity index (χ3v) is 2.13. The van der Waals surface area contributed by atoms with Crippen LogP contribution in [0.4, 0.5) is 14.6 Å². The fraction of sp³-hybridized carbons (Fsp3) is 0.429. The number of carbonyl (C=O) groups excluding carboxylic acids is 1. The molecule has 0 saturated carbocycles. The third-order valence-electron chi connectivity index (χ3n) is 2.13. The van der Waals surface area contributed by atoms with Crippen LogP contribution in [0.3, 0.4) is 0 Å². The number of rotatable bonds is 1. The molecule has 0 atom stereocenters. The Kier molecular flexibility index (Phi) is 2.10. The van der Waals surface area contributed by atoms with Gasteiger partial charge in [-0.25, -0.2) is 0 Å². The summed E-state index contributed by atoms with van der Waals surface area (Å²) in [5.41, 5.74) is -0.627. The number of halogens is 2. The lowest BCUT2D eigenvalue weighted by molar-refractivity contribution is -0.389. The minimum Gasteiger partial charge on any atom is -0.358 e. The molecule has 0 radical (unpaired) electrons. The second kappa shape index (κ2) is 3.22. The summed E-state index contributed by atoms with van der Waals surface area (Å²) >= 11 is 0. The number of nitrogens with zero attached hydrogens (tertiary/aromatic N) is 3. The topological polar surface area (TPSA) is 90.1 Å². The summed E-state index contributed by atoms with van der Waals surface area (Å²) in [5.74, 6) is -4.70. The molecule has 1 amide bonds. The van der Waals surface area contributed by atoms with Gasteiger partial charge in [0.15, 0.2) is 0 Å². The van der Waals surface area contributed by atoms with Crippen molar-refractivity contribution in [2.75, 3.05) is 6.54 Å². The molecule has 2 rings (SSSR count). The van der Waals surface area contributed by atoms with Crippen molar-refractivity contribution in [3.05, 3.63) is 21.9 Å². The fourth-order valence-electron chi connectivity index (χ4n) is 1.40. The number of hydrogen-bond acceptors (Lipinski definition) is 4. The van der Waals surface area contributed by atoms with Crippen LogP contribution in [0.25, 0.3) is 0 Å². The first-order chi connectivity index (χ1) is 7.40. The molecule has 1 aliphatic heterocycles. The minimum atomic E-state index is -3.35. The molecule has 1 aromatic rings. The highest BCUT2D eigenvalue weighted by Crippen LogP contribution is 2.30. The monoisotopic (exact) mass is 232 g/mol. The van der Waals surface area contributed by atoms with E-state index >= 15 is 0 Å². The standard InChI is InChI=1S/C7H6F2N4O3/c8-7(9)3-10-6(14)2-12-4(7)1-5(11-12)13(15)16/h1H,2-3H2,(H,10,14). The zero-order chi connectivity index (χ0) is 11.9. The van der Waals surface area contributed by atoms with Gasteiger partial charge in [0.1, 0.15) is 12.2 Å². The Morgan fingerprint density at radius 2 is 2.31 bits per heavy atom. The van der Waals surface area contributed by atoms with E-state index in [2.05, 4.69) is 5.10 Å². The Balaban J connectivity index is 2.52. The second-order valence-corrected chi connectivity index (χ2v) is 3.28. The largest absolute Gasteiger partial charge is 0.390 e. The molecule has 1 N–H and O–H groups in total. The number of amides is 1. The molecule has 16 heavy (non-hydrogen) atoms. The highest BCUT2D eigenvalue weighted by Gasteiger charge is 2.42. The first-order valence-corrected chi connectivity index (χ1v) is 4.27. The lowest BCUT2D eigenvalue weighted by atomic mass is 10.2. The second-order valence-electron chi connectivity index (χ2n) is 3.28. The lowest BCUT2D eigenvalue weighted by Crippen LogP contribution is -2.32. The van der Waals surface area contributed by atoms with Crippen LogP contribution in [-0.4, -0.2) is 27.2 Å². The number of fused-ring (bicyclic) bond motifs is 1. The number of aromatic nitrogens is 2. The predicted molar refractivity (Wildman–Crippen MR) is 45.8 cm³/mol. The highest BCUT2D eigenvalue weighted by atomic mass is 19.3. The van der Waals surface area contributed by atoms with Crippen molar-refractivity contribution >= 4 is 11.7 Å². The zero-order valence-corrected chi connectivity index (χ0v) is 7.81. The molecule has 0 unspecified atom stereocenters. The van der Waals surface area contributed by atoms with E-state index in [1.54, 1.807) is 0 Å². The van der Waals surface area contributed by atoms with Crippen molar-refractivity contribution in [3.63, 3.8) is 0 Å². The number of hydrogen-bond donors (Lipinski definition) is 1. The quantitative estimate of drug-likeness (QED) is 0.545. The molecule has 0 bridgehead atoms. The van der Waals surface area contributed by atoms with Gasteiger partial charge < -0.3 is 15.4 Å². The molecule has 0 saturated heterocycles. The van der Waals surface area contributed by atoms with E-state index in [4.69, 9.17) is 0 Å². The number of carbonyl (C=O) groups is 1. The van der Waals surface area contributed by atoms with E-state index in [-0.39, 0.29) is 0 Å². The number of nitrogens with one attached hydrogen (secondary N) is 1. The average molecular weight is 232 g/mol. The summed E-state index contributed by atoms with van der Waals surface area (Å²) in [6.45, 7) is -1.33. The molecule has 7 nitrogen and oxygen atoms in total. The summed E-state index contributed by atoms with van der Waals surface area (Å²) in [6.07, 6.45) is 0. The van der Waals surface area contributed by atoms with Gasteiger partial charge in [-0.05, 0) is 4.92 Å². The number of alkyl halides is 2. The highest BCUT2D eigenvalue weighted by molar-refractivity contribution is 5.76. The third kappa shape index (κ3) is 1.59. The van der Waals surface area contributed by atoms with E-state index in [0.717, 1.165) is 0 Å². The van der Waals surface area contributed by atoms with Gasteiger partial charge in [0.2, 0.25) is 5.91 Å². The summed E-state index contributed by atoms with van der Waals surface area (Å²) in [4.78, 5) is 20.5. The van der Waals surface area contributed by atoms with E-state index in [1.807, 2.05) is 5.32 Å². The van der Waals surface area contributed by atoms with Crippen LogP contribution in [0, 0.1) is 10.1 Å². The Bertz CT molecular complexity index is 470. The van der Waals surface area contributed by atoms with Crippen molar-refractivity contribution in [2.45, 2.75) is 12.5 Å². The SMILES string of the molecule is O=C1Cn2nc([N+](=O)[O-])cc2C(F)(F)CN1. The van der Waals surface area contributed by atoms with Gasteiger partial charge in [-0.3, -0.25) is 4.79 Å². The molecular formula is C7H6F2N4O3. The maximum Gasteiger partial charge on any atom is 0.390 e. The van der Waals surface area contributed by atoms with Gasteiger partial charge in [-0.15, -0.1) is 0 Å². The Hall–Kier alpha value is -2.06. The van der Waals surface area contributed by atoms with Crippen LogP contribution in [-0.2, 0) is 17.3 Å². The van der Waals surface area contributed by atoms with Crippen LogP contribution < -0.4 is 5.32 Å². The maximum atomic E-state index is 13.4. The van der Waals surface area contributed by atoms with Crippen molar-refractivity contribution in [3.8, 4) is 0 Å². The molecule has 0 fully saturated rings. The van der Waals surface area contributed by atoms with Gasteiger partial charge >= 0.3 is 11.7 Å². The normalized spacial score (nSPS) is 18.5. The van der Waals surface area contributed by atoms with E-state index in [9.17, 15) is 23.7 Å². The molecule has 1 aromatic heterocycles. The summed E-state index contributed by atoms with van der Waals surface area (Å²) < 4.78 is 27.5. The summed E-state index contributed by atoms with van der Waals surface area (Å²) in [6, 6.07) is 0.681. The molecule has 0 aliphatic carbocycles. The van der Waals surface area contributed by atoms with Crippen molar-refractivity contribution in [1.29, 1.82) is 0 Å². The molecule has 86 valence electrons. The van der Waals surface area contributed by atoms with E-state index < -0.39 is 41.4 Å². The molecule has 1 aliphatic rings. The first-order valence-electron chi connectivity index (χ1n) is 4.27. The summed E-state index contributed by atoms with van der Waals surface area (Å²) in [7, 11) is 0. The van der Waals surface area contributed by atoms with Gasteiger partial charge in [0.05, 0.1) is 17.7 Å². The molecule has 9 heteroatoms. The van der Waals surface area contributed by atoms with Gasteiger partial charge in [0.25, 0.3) is 0 Å². The van der Waals surface area contributed by atoms with Crippen molar-refractivity contribution < 1.29 is 18.5 Å².